The van der Waals surface area contributed by atoms with Crippen molar-refractivity contribution in [3.05, 3.63) is 125 Å². The van der Waals surface area contributed by atoms with Crippen molar-refractivity contribution in [1.82, 2.24) is 0 Å². The summed E-state index contributed by atoms with van der Waals surface area (Å²) in [5, 5.41) is 0. The first-order valence-corrected chi connectivity index (χ1v) is 66.1. The van der Waals surface area contributed by atoms with Gasteiger partial charge in [-0.15, -0.1) is 0 Å². The van der Waals surface area contributed by atoms with Crippen LogP contribution in [0.15, 0.2) is 0 Å². The molecule has 0 aromatic carbocycles. The summed E-state index contributed by atoms with van der Waals surface area (Å²) in [6, 6.07) is 0. The zero-order valence-corrected chi connectivity index (χ0v) is 73.3. The molecule has 96 rings (SSSR count). The molecular weight excluding hydrogens is 1600 g/mol. The number of hydrogen-bond acceptors (Lipinski definition) is 0. The van der Waals surface area contributed by atoms with Gasteiger partial charge in [0.25, 0.3) is 0 Å². The predicted molar refractivity (Wildman–Crippen MR) is 428 cm³/mol. The van der Waals surface area contributed by atoms with E-state index in [1.807, 2.05) is 25.7 Å². The molecule has 0 aromatic rings. The van der Waals surface area contributed by atoms with Gasteiger partial charge < -0.3 is 0 Å². The summed E-state index contributed by atoms with van der Waals surface area (Å²) in [5.74, 6) is 78.1. The minimum absolute atomic E-state index is 1.08. The summed E-state index contributed by atoms with van der Waals surface area (Å²) in [5.41, 5.74) is 74.2. The minimum Gasteiger partial charge on any atom is -0.0461 e. The van der Waals surface area contributed by atoms with E-state index < -0.39 is 0 Å². The monoisotopic (exact) mass is 1680 g/mol. The van der Waals surface area contributed by atoms with E-state index in [1.54, 1.807) is 51.4 Å². The number of fused-ring (bicyclic) bond motifs is 44. The molecule has 0 N–H and O–H groups in total. The fourth-order valence-corrected chi connectivity index (χ4v) is 148. The van der Waals surface area contributed by atoms with E-state index in [0.29, 0.717) is 0 Å². The Labute approximate surface area is 754 Å². The first-order chi connectivity index (χ1) is 66.1. The molecule has 96 saturated carbocycles. The molecule has 0 heterocycles. The van der Waals surface area contributed by atoms with Gasteiger partial charge in [-0.1, -0.05) is 0 Å². The molecule has 0 amide bonds. The lowest BCUT2D eigenvalue weighted by molar-refractivity contribution is -1.22. The lowest BCUT2D eigenvalue weighted by atomic mass is 8.22. The van der Waals surface area contributed by atoms with Crippen molar-refractivity contribution in [2.24, 2.45) is 559 Å². The van der Waals surface area contributed by atoms with Gasteiger partial charge >= 0.3 is 0 Å². The second kappa shape index (κ2) is 6.97. The Balaban J connectivity index is 0.0000000893. The SMILES string of the molecule is C1C2C3C4C5C6CC7C8C9C%10C%11C%12C%13C%14C%15C%16CC%17C%18C%19C%20C%21CC%22C%23C%24C%25C%26C%27C%28C%29C%30C1C21C32C43C54C67C85C96C%107C%118C%129C%13%10C%14%11C%15%12C%17%16C%18%13C%19%14C%20%15C%21%22C%23%16C%24%17C%25%18C%26%19C%27%20C%28%21C%29%22C%301C21C32C45C63C74C85C96C%107C%118C%13%12C%149C%15%16C%17%10C%18%11C%19%12C%20%13C%21%14C%221C23C%144C%135C%126C%117C9%108.C1C2C3CC4C5C6C7C8CC9C%10CC%11C%12C%13C%14C1C21C34C52C%141C%131C%123C%10%11C98C73C621.C1C2CC3C4C5C6C7CC8CC9C%10C%11C%12C1C23C%124C%115C%106C897. The van der Waals surface area contributed by atoms with E-state index in [4.69, 9.17) is 0 Å². The van der Waals surface area contributed by atoms with Gasteiger partial charge in [0.2, 0.25) is 0 Å². The molecule has 612 valence electrons. The van der Waals surface area contributed by atoms with Gasteiger partial charge in [-0.25, -0.2) is 0 Å². The average molecular weight is 1680 g/mol. The highest BCUT2D eigenvalue weighted by Crippen LogP contribution is 3.88. The third kappa shape index (κ3) is 1.02. The maximum Gasteiger partial charge on any atom is -0.0000249 e. The van der Waals surface area contributed by atoms with E-state index in [1.165, 1.54) is 429 Å². The Morgan fingerprint density at radius 1 is 0.0827 bits per heavy atom. The molecule has 0 radical (unpaired) electrons. The summed E-state index contributed by atoms with van der Waals surface area (Å²) < 4.78 is 0. The van der Waals surface area contributed by atoms with Gasteiger partial charge in [0.05, 0.1) is 0 Å². The lowest BCUT2D eigenvalue weighted by Gasteiger charge is -3.79. The molecular formula is C133H80. The largest absolute Gasteiger partial charge is 0.0461 e. The van der Waals surface area contributed by atoms with Crippen LogP contribution in [-0.2, 0) is 0 Å². The molecule has 0 nitrogen and oxygen atoms in total. The summed E-state index contributed by atoms with van der Waals surface area (Å²) in [7, 11) is 0. The van der Waals surface area contributed by atoms with Gasteiger partial charge in [-0.3, -0.25) is 0 Å². The van der Waals surface area contributed by atoms with Crippen LogP contribution in [0.1, 0.15) is 77.0 Å². The van der Waals surface area contributed by atoms with Gasteiger partial charge in [0.1, 0.15) is 0 Å². The van der Waals surface area contributed by atoms with Gasteiger partial charge in [0.15, 0.2) is 0 Å². The van der Waals surface area contributed by atoms with Crippen molar-refractivity contribution in [3.8, 4) is 0 Å². The molecule has 96 aliphatic carbocycles. The standard InChI is InChI=1S/C84H38.C28H22.C21H20/c1-5-13-21-14-6-2-10-18-25-29-33-34-30-26-20-12-4-8-16-22-15-7-3-11-19-24-28-32-31-27-23-17-9(1)35(5)39(13)47(21)40(14)36(6,10)44(18)50(25)55(29)59(33)60(34)56(30)52(26)46(20)38(8,12)42(16)48(22)41(15)37(7,11)45(19)51(24)54(28)58(32)57(31)53(27)49(23)43(17,35)61(39)65(47)62(40,44)68(50)72(55)77(59)78(60)74(56)70(52)64(42,46)66(48)63(41,45)69(51)73(54)76(58)75(57)71(53)67(49,61)79(65,68)81(71,72)83(75,77)84(76,78)82(73,74)80(66,69)70;1-5-6-2-10-15-18-16-12-4-8-7-3-11-14-17-13-9(1)19(5)20(6,10)24(15)23(13,19)27(17)25(14)21(7,11)22(8,12)26(16,25)28(18,24)27;1-5-2-8-12-16-14-10-4-6-3-9-13-15-11-7(1)17(5,8)19(11,12)21(15,16)20(13,14)18(6,9)10/h5-34H,1-4H2;5-18H,1-4H2;5-16H,1-4H2. The van der Waals surface area contributed by atoms with Crippen LogP contribution in [0.3, 0.4) is 0 Å². The molecule has 96 unspecified atom stereocenters. The highest BCUT2D eigenvalue weighted by molar-refractivity contribution is 6.59. The van der Waals surface area contributed by atoms with Crippen LogP contribution < -0.4 is 0 Å². The molecule has 133 heavy (non-hydrogen) atoms. The zero-order chi connectivity index (χ0) is 73.3. The van der Waals surface area contributed by atoms with E-state index in [-0.39, 0.29) is 0 Å². The van der Waals surface area contributed by atoms with Crippen molar-refractivity contribution in [2.75, 3.05) is 0 Å². The van der Waals surface area contributed by atoms with Crippen LogP contribution in [0, 0.1) is 683 Å². The summed E-state index contributed by atoms with van der Waals surface area (Å²) in [4.78, 5) is 0. The zero-order valence-electron chi connectivity index (χ0n) is 73.3. The second-order valence-electron chi connectivity index (χ2n) is 86.3. The molecule has 0 bridgehead atoms. The van der Waals surface area contributed by atoms with Gasteiger partial charge in [-0.2, -0.15) is 0 Å². The molecule has 96 atom stereocenters. The third-order valence-electron chi connectivity index (χ3n) is 116. The van der Waals surface area contributed by atoms with Crippen LogP contribution in [0.2, 0.25) is 0 Å². The van der Waals surface area contributed by atoms with Crippen molar-refractivity contribution in [3.63, 3.8) is 0 Å². The van der Waals surface area contributed by atoms with Crippen LogP contribution in [0.5, 0.6) is 0 Å². The van der Waals surface area contributed by atoms with Gasteiger partial charge in [-0.05, 0) is 760 Å². The maximum atomic E-state index is 1.91. The third-order valence-corrected chi connectivity index (χ3v) is 116. The Morgan fingerprint density at radius 2 is 0.248 bits per heavy atom. The molecule has 0 saturated heterocycles. The van der Waals surface area contributed by atoms with Crippen molar-refractivity contribution in [2.45, 2.75) is 77.0 Å². The fraction of sp³-hybridized carbons (Fsp3) is 1.00. The molecule has 0 aromatic heterocycles. The highest BCUT2D eigenvalue weighted by atomic mass is 15.9. The average Bonchev–Trinajstić information content (AvgIpc) is 0.397. The van der Waals surface area contributed by atoms with Gasteiger partial charge in [0, 0.05) is 0 Å². The molecule has 65 spiro atoms. The van der Waals surface area contributed by atoms with E-state index in [0.717, 1.165) is 255 Å². The Kier molecular flexibility index (Phi) is 2.38. The van der Waals surface area contributed by atoms with E-state index in [9.17, 15) is 0 Å². The highest BCUT2D eigenvalue weighted by Gasteiger charge is 3.85. The van der Waals surface area contributed by atoms with Crippen molar-refractivity contribution in [1.29, 1.82) is 0 Å². The lowest BCUT2D eigenvalue weighted by Crippen LogP contribution is -3.77. The Bertz CT molecular complexity index is 9340. The summed E-state index contributed by atoms with van der Waals surface area (Å²) >= 11 is 0. The Morgan fingerprint density at radius 3 is 0.489 bits per heavy atom. The first-order valence-electron chi connectivity index (χ1n) is 66.1. The number of hydrogen-bond donors (Lipinski definition) is 0. The summed E-state index contributed by atoms with van der Waals surface area (Å²) in [6.07, 6.45) is 21.6. The van der Waals surface area contributed by atoms with E-state index >= 15 is 0 Å². The minimum atomic E-state index is 1.08. The predicted octanol–water partition coefficient (Wildman–Crippen LogP) is 13.4. The number of rotatable bonds is 0. The van der Waals surface area contributed by atoms with Crippen LogP contribution >= 0.6 is 0 Å². The fourth-order valence-electron chi connectivity index (χ4n) is 148. The maximum absolute atomic E-state index is 1.91. The van der Waals surface area contributed by atoms with Crippen LogP contribution in [-0.4, -0.2) is 0 Å². The van der Waals surface area contributed by atoms with Crippen LogP contribution in [0.4, 0.5) is 0 Å². The smallest absolute Gasteiger partial charge is 0.0000249 e. The quantitative estimate of drug-likeness (QED) is 0.227. The Hall–Kier alpha value is 0. The first kappa shape index (κ1) is 45.4. The van der Waals surface area contributed by atoms with E-state index in [2.05, 4.69) is 0 Å². The second-order valence-corrected chi connectivity index (χ2v) is 86.3. The molecule has 0 heteroatoms. The normalized spacial score (nSPS) is 141. The van der Waals surface area contributed by atoms with Crippen molar-refractivity contribution < 1.29 is 0 Å². The molecule has 0 aliphatic heterocycles. The topological polar surface area (TPSA) is 0 Å². The molecule has 96 aliphatic rings. The van der Waals surface area contributed by atoms with Crippen molar-refractivity contribution >= 4 is 0 Å². The summed E-state index contributed by atoms with van der Waals surface area (Å²) in [6.45, 7) is 0. The molecule has 96 fully saturated rings. The van der Waals surface area contributed by atoms with Crippen LogP contribution in [0.25, 0.3) is 0 Å².